The van der Waals surface area contributed by atoms with Crippen molar-refractivity contribution in [3.8, 4) is 0 Å². The van der Waals surface area contributed by atoms with Gasteiger partial charge in [-0.05, 0) is 62.6 Å². The Morgan fingerprint density at radius 3 is 2.70 bits per heavy atom. The summed E-state index contributed by atoms with van der Waals surface area (Å²) in [6.45, 7) is 10.3. The Kier molecular flexibility index (Phi) is 7.50. The van der Waals surface area contributed by atoms with Crippen LogP contribution in [0.5, 0.6) is 0 Å². The van der Waals surface area contributed by atoms with Gasteiger partial charge in [0.1, 0.15) is 5.69 Å². The number of piperidine rings is 1. The number of esters is 1. The van der Waals surface area contributed by atoms with Crippen LogP contribution in [0.3, 0.4) is 0 Å². The van der Waals surface area contributed by atoms with Crippen molar-refractivity contribution in [2.24, 2.45) is 0 Å². The lowest BCUT2D eigenvalue weighted by molar-refractivity contribution is -0.137. The Labute approximate surface area is 230 Å². The molecular formula is C29H31F3N6O2. The van der Waals surface area contributed by atoms with Gasteiger partial charge in [0, 0.05) is 66.6 Å². The number of nitrogens with zero attached hydrogens (tertiary/aromatic N) is 5. The van der Waals surface area contributed by atoms with Gasteiger partial charge < -0.3 is 15.0 Å². The van der Waals surface area contributed by atoms with E-state index in [9.17, 15) is 18.0 Å². The molecule has 1 fully saturated rings. The van der Waals surface area contributed by atoms with E-state index in [1.807, 2.05) is 6.07 Å². The van der Waals surface area contributed by atoms with E-state index in [0.29, 0.717) is 23.8 Å². The van der Waals surface area contributed by atoms with E-state index in [1.165, 1.54) is 7.11 Å². The van der Waals surface area contributed by atoms with Gasteiger partial charge in [0.05, 0.1) is 18.4 Å². The Bertz CT molecular complexity index is 1440. The maximum Gasteiger partial charge on any atom is 0.416 e. The summed E-state index contributed by atoms with van der Waals surface area (Å²) in [5, 5.41) is 2.95. The van der Waals surface area contributed by atoms with Crippen LogP contribution in [0.2, 0.25) is 0 Å². The Morgan fingerprint density at radius 2 is 1.98 bits per heavy atom. The highest BCUT2D eigenvalue weighted by Gasteiger charge is 2.34. The summed E-state index contributed by atoms with van der Waals surface area (Å²) in [5.74, 6) is -0.205. The second kappa shape index (κ2) is 10.9. The lowest BCUT2D eigenvalue weighted by Crippen LogP contribution is -2.46. The first-order valence-corrected chi connectivity index (χ1v) is 13.1. The zero-order valence-corrected chi connectivity index (χ0v) is 22.6. The van der Waals surface area contributed by atoms with Gasteiger partial charge in [-0.1, -0.05) is 6.58 Å². The highest BCUT2D eigenvalue weighted by atomic mass is 19.4. The molecule has 11 heteroatoms. The number of rotatable bonds is 6. The second-order valence-electron chi connectivity index (χ2n) is 10.4. The van der Waals surface area contributed by atoms with Gasteiger partial charge in [-0.25, -0.2) is 19.7 Å². The van der Waals surface area contributed by atoms with E-state index in [1.54, 1.807) is 31.5 Å². The fourth-order valence-corrected chi connectivity index (χ4v) is 5.52. The van der Waals surface area contributed by atoms with Crippen molar-refractivity contribution < 1.29 is 22.7 Å². The maximum absolute atomic E-state index is 13.2. The second-order valence-corrected chi connectivity index (χ2v) is 10.4. The van der Waals surface area contributed by atoms with Crippen LogP contribution in [-0.4, -0.2) is 56.5 Å². The number of alkyl halides is 3. The van der Waals surface area contributed by atoms with Gasteiger partial charge in [0.2, 0.25) is 5.95 Å². The molecule has 8 nitrogen and oxygen atoms in total. The average molecular weight is 553 g/mol. The minimum atomic E-state index is -4.43. The maximum atomic E-state index is 13.2. The SMILES string of the molecule is C=C(c1ccnc(C(=O)OC)c1)N1CC[C@@H](N2Cc3cnc(Nc4cc(C)cc(C(F)(F)F)c4)nc3C2)C[C@H]1C. The number of likely N-dealkylation sites (tertiary alicyclic amines) is 1. The average Bonchev–Trinajstić information content (AvgIpc) is 3.35. The number of pyridine rings is 1. The molecule has 0 aliphatic carbocycles. The van der Waals surface area contributed by atoms with Crippen LogP contribution in [0.1, 0.15) is 58.2 Å². The van der Waals surface area contributed by atoms with Crippen LogP contribution in [-0.2, 0) is 24.0 Å². The van der Waals surface area contributed by atoms with Crippen LogP contribution < -0.4 is 5.32 Å². The third-order valence-corrected chi connectivity index (χ3v) is 7.54. The highest BCUT2D eigenvalue weighted by molar-refractivity contribution is 5.88. The molecule has 2 atom stereocenters. The van der Waals surface area contributed by atoms with Crippen molar-refractivity contribution in [2.45, 2.75) is 58.0 Å². The summed E-state index contributed by atoms with van der Waals surface area (Å²) in [6.07, 6.45) is 0.765. The van der Waals surface area contributed by atoms with Crippen molar-refractivity contribution in [2.75, 3.05) is 19.0 Å². The molecule has 0 unspecified atom stereocenters. The highest BCUT2D eigenvalue weighted by Crippen LogP contribution is 2.34. The number of anilines is 2. The van der Waals surface area contributed by atoms with Gasteiger partial charge >= 0.3 is 12.1 Å². The van der Waals surface area contributed by atoms with Crippen molar-refractivity contribution in [1.82, 2.24) is 24.8 Å². The smallest absolute Gasteiger partial charge is 0.416 e. The van der Waals surface area contributed by atoms with Crippen molar-refractivity contribution >= 4 is 23.3 Å². The molecule has 40 heavy (non-hydrogen) atoms. The van der Waals surface area contributed by atoms with E-state index in [-0.39, 0.29) is 17.7 Å². The Morgan fingerprint density at radius 1 is 1.18 bits per heavy atom. The predicted octanol–water partition coefficient (Wildman–Crippen LogP) is 5.57. The van der Waals surface area contributed by atoms with E-state index >= 15 is 0 Å². The number of hydrogen-bond acceptors (Lipinski definition) is 8. The van der Waals surface area contributed by atoms with Crippen molar-refractivity contribution in [3.05, 3.63) is 82.9 Å². The first-order chi connectivity index (χ1) is 19.0. The molecule has 3 aromatic rings. The van der Waals surface area contributed by atoms with E-state index in [0.717, 1.165) is 60.6 Å². The van der Waals surface area contributed by atoms with Crippen LogP contribution in [0.15, 0.2) is 49.3 Å². The zero-order valence-electron chi connectivity index (χ0n) is 22.6. The fourth-order valence-electron chi connectivity index (χ4n) is 5.52. The van der Waals surface area contributed by atoms with Crippen LogP contribution in [0, 0.1) is 6.92 Å². The number of halogens is 3. The van der Waals surface area contributed by atoms with E-state index in [2.05, 4.69) is 43.6 Å². The number of carbonyl (C=O) groups is 1. The molecule has 1 aromatic carbocycles. The number of methoxy groups -OCH3 is 1. The number of aryl methyl sites for hydroxylation is 1. The number of benzene rings is 1. The first-order valence-electron chi connectivity index (χ1n) is 13.1. The summed E-state index contributed by atoms with van der Waals surface area (Å²) in [6, 6.07) is 7.93. The quantitative estimate of drug-likeness (QED) is 0.398. The molecular weight excluding hydrogens is 521 g/mol. The van der Waals surface area contributed by atoms with Gasteiger partial charge in [-0.15, -0.1) is 0 Å². The number of hydrogen-bond donors (Lipinski definition) is 1. The number of nitrogens with one attached hydrogen (secondary N) is 1. The first kappa shape index (κ1) is 27.6. The molecule has 0 radical (unpaired) electrons. The molecule has 5 rings (SSSR count). The topological polar surface area (TPSA) is 83.5 Å². The number of aromatic nitrogens is 3. The van der Waals surface area contributed by atoms with Gasteiger partial charge in [-0.2, -0.15) is 13.2 Å². The molecule has 0 spiro atoms. The summed E-state index contributed by atoms with van der Waals surface area (Å²) < 4.78 is 44.5. The summed E-state index contributed by atoms with van der Waals surface area (Å²) >= 11 is 0. The molecule has 0 saturated carbocycles. The van der Waals surface area contributed by atoms with Crippen LogP contribution in [0.25, 0.3) is 5.70 Å². The lowest BCUT2D eigenvalue weighted by Gasteiger charge is -2.43. The normalized spacial score (nSPS) is 19.3. The lowest BCUT2D eigenvalue weighted by atomic mass is 9.95. The summed E-state index contributed by atoms with van der Waals surface area (Å²) in [4.78, 5) is 29.6. The third kappa shape index (κ3) is 5.79. The molecule has 2 aliphatic rings. The van der Waals surface area contributed by atoms with E-state index < -0.39 is 17.7 Å². The Hall–Kier alpha value is -3.99. The van der Waals surface area contributed by atoms with Crippen molar-refractivity contribution in [3.63, 3.8) is 0 Å². The molecule has 1 N–H and O–H groups in total. The zero-order chi connectivity index (χ0) is 28.6. The van der Waals surface area contributed by atoms with Gasteiger partial charge in [-0.3, -0.25) is 4.90 Å². The Balaban J connectivity index is 1.22. The number of carbonyl (C=O) groups excluding carboxylic acids is 1. The molecule has 0 amide bonds. The van der Waals surface area contributed by atoms with Gasteiger partial charge in [0.15, 0.2) is 0 Å². The monoisotopic (exact) mass is 552 g/mol. The molecule has 210 valence electrons. The van der Waals surface area contributed by atoms with Gasteiger partial charge in [0.25, 0.3) is 0 Å². The molecule has 2 aromatic heterocycles. The largest absolute Gasteiger partial charge is 0.464 e. The minimum Gasteiger partial charge on any atom is -0.464 e. The van der Waals surface area contributed by atoms with Crippen LogP contribution in [0.4, 0.5) is 24.8 Å². The minimum absolute atomic E-state index is 0.220. The van der Waals surface area contributed by atoms with E-state index in [4.69, 9.17) is 4.74 Å². The molecule has 4 heterocycles. The van der Waals surface area contributed by atoms with Crippen molar-refractivity contribution in [1.29, 1.82) is 0 Å². The van der Waals surface area contributed by atoms with Crippen LogP contribution >= 0.6 is 0 Å². The molecule has 1 saturated heterocycles. The number of fused-ring (bicyclic) bond motifs is 1. The number of ether oxygens (including phenoxy) is 1. The molecule has 0 bridgehead atoms. The third-order valence-electron chi connectivity index (χ3n) is 7.54. The fraction of sp³-hybridized carbons (Fsp3) is 0.379. The standard InChI is InChI=1S/C29H31F3N6O2/c1-17-9-22(29(30,31)32)13-23(10-17)35-28-34-14-21-15-37(16-26(21)36-28)24-6-8-38(18(2)11-24)19(3)20-5-7-33-25(12-20)27(39)40-4/h5,7,9-10,12-14,18,24H,3,6,8,11,15-16H2,1-2,4H3,(H,34,35,36)/t18-,24-/m1/s1. The predicted molar refractivity (Wildman–Crippen MR) is 145 cm³/mol. The summed E-state index contributed by atoms with van der Waals surface area (Å²) in [5.41, 5.74) is 3.92. The molecule has 2 aliphatic heterocycles. The summed E-state index contributed by atoms with van der Waals surface area (Å²) in [7, 11) is 1.33.